The van der Waals surface area contributed by atoms with Gasteiger partial charge in [0.1, 0.15) is 0 Å². The zero-order valence-electron chi connectivity index (χ0n) is 10.4. The largest absolute Gasteiger partial charge is 0.322 e. The van der Waals surface area contributed by atoms with Gasteiger partial charge in [0.25, 0.3) is 5.95 Å². The van der Waals surface area contributed by atoms with Crippen molar-refractivity contribution < 1.29 is 0 Å². The van der Waals surface area contributed by atoms with E-state index in [1.54, 1.807) is 24.3 Å². The van der Waals surface area contributed by atoms with E-state index >= 15 is 0 Å². The Labute approximate surface area is 115 Å². The third-order valence-corrected chi connectivity index (χ3v) is 2.67. The number of hydrogen-bond donors (Lipinski definition) is 1. The fraction of sp³-hybridized carbons (Fsp3) is 0. The van der Waals surface area contributed by atoms with Crippen LogP contribution in [0.1, 0.15) is 5.56 Å². The molecule has 0 saturated carbocycles. The fourth-order valence-electron chi connectivity index (χ4n) is 1.69. The molecule has 2 aromatic carbocycles. The second-order valence-electron chi connectivity index (χ2n) is 4.05. The monoisotopic (exact) mass is 262 g/mol. The van der Waals surface area contributed by atoms with E-state index in [0.29, 0.717) is 11.5 Å². The molecule has 0 aliphatic heterocycles. The smallest absolute Gasteiger partial charge is 0.268 e. The van der Waals surface area contributed by atoms with Crippen molar-refractivity contribution in [2.45, 2.75) is 0 Å². The van der Waals surface area contributed by atoms with E-state index in [4.69, 9.17) is 5.26 Å². The van der Waals surface area contributed by atoms with Gasteiger partial charge in [-0.05, 0) is 41.6 Å². The number of nitriles is 1. The third kappa shape index (κ3) is 2.47. The van der Waals surface area contributed by atoms with Gasteiger partial charge in [0, 0.05) is 5.69 Å². The van der Waals surface area contributed by atoms with Crippen LogP contribution in [0.4, 0.5) is 11.6 Å². The molecule has 3 rings (SSSR count). The Kier molecular flexibility index (Phi) is 3.08. The van der Waals surface area contributed by atoms with Crippen molar-refractivity contribution in [2.75, 3.05) is 5.32 Å². The van der Waals surface area contributed by atoms with Crippen molar-refractivity contribution in [1.82, 2.24) is 20.2 Å². The summed E-state index contributed by atoms with van der Waals surface area (Å²) in [5.41, 5.74) is 2.25. The first-order valence-corrected chi connectivity index (χ1v) is 5.98. The fourth-order valence-corrected chi connectivity index (χ4v) is 1.69. The molecule has 0 bridgehead atoms. The zero-order valence-corrected chi connectivity index (χ0v) is 10.4. The van der Waals surface area contributed by atoms with E-state index in [1.807, 2.05) is 30.3 Å². The molecule has 1 heterocycles. The molecule has 0 amide bonds. The SMILES string of the molecule is N#Cc1ccc(Nc2nnn(-c3ccccc3)n2)cc1. The summed E-state index contributed by atoms with van der Waals surface area (Å²) in [5, 5.41) is 23.9. The van der Waals surface area contributed by atoms with Gasteiger partial charge < -0.3 is 5.32 Å². The quantitative estimate of drug-likeness (QED) is 0.783. The second-order valence-corrected chi connectivity index (χ2v) is 4.05. The van der Waals surface area contributed by atoms with Gasteiger partial charge in [0.15, 0.2) is 0 Å². The molecular weight excluding hydrogens is 252 g/mol. The van der Waals surface area contributed by atoms with Crippen LogP contribution < -0.4 is 5.32 Å². The second kappa shape index (κ2) is 5.20. The highest BCUT2D eigenvalue weighted by Gasteiger charge is 2.04. The highest BCUT2D eigenvalue weighted by atomic mass is 15.6. The normalized spacial score (nSPS) is 9.95. The topological polar surface area (TPSA) is 79.4 Å². The van der Waals surface area contributed by atoms with Crippen molar-refractivity contribution in [3.05, 3.63) is 60.2 Å². The lowest BCUT2D eigenvalue weighted by atomic mass is 10.2. The van der Waals surface area contributed by atoms with Crippen LogP contribution in [0.5, 0.6) is 0 Å². The number of anilines is 2. The Morgan fingerprint density at radius 1 is 1.00 bits per heavy atom. The average molecular weight is 262 g/mol. The van der Waals surface area contributed by atoms with Crippen molar-refractivity contribution in [2.24, 2.45) is 0 Å². The average Bonchev–Trinajstić information content (AvgIpc) is 2.97. The lowest BCUT2D eigenvalue weighted by Gasteiger charge is -2.00. The van der Waals surface area contributed by atoms with Crippen molar-refractivity contribution in [1.29, 1.82) is 5.26 Å². The molecule has 0 aliphatic rings. The van der Waals surface area contributed by atoms with E-state index in [0.717, 1.165) is 11.4 Å². The number of para-hydroxylation sites is 1. The van der Waals surface area contributed by atoms with Gasteiger partial charge in [-0.15, -0.1) is 9.90 Å². The summed E-state index contributed by atoms with van der Waals surface area (Å²) in [5.74, 6) is 0.401. The summed E-state index contributed by atoms with van der Waals surface area (Å²) >= 11 is 0. The predicted octanol–water partition coefficient (Wildman–Crippen LogP) is 2.28. The van der Waals surface area contributed by atoms with Crippen molar-refractivity contribution >= 4 is 11.6 Å². The lowest BCUT2D eigenvalue weighted by Crippen LogP contribution is -1.99. The maximum Gasteiger partial charge on any atom is 0.268 e. The molecule has 0 atom stereocenters. The summed E-state index contributed by atoms with van der Waals surface area (Å²) < 4.78 is 0. The minimum atomic E-state index is 0.401. The molecule has 0 fully saturated rings. The van der Waals surface area contributed by atoms with Crippen LogP contribution in [0.2, 0.25) is 0 Å². The van der Waals surface area contributed by atoms with Crippen LogP contribution in [-0.2, 0) is 0 Å². The minimum Gasteiger partial charge on any atom is -0.322 e. The summed E-state index contributed by atoms with van der Waals surface area (Å²) in [6.45, 7) is 0. The number of rotatable bonds is 3. The van der Waals surface area contributed by atoms with Gasteiger partial charge in [0.2, 0.25) is 0 Å². The highest BCUT2D eigenvalue weighted by molar-refractivity contribution is 5.54. The Morgan fingerprint density at radius 3 is 2.45 bits per heavy atom. The number of hydrogen-bond acceptors (Lipinski definition) is 5. The van der Waals surface area contributed by atoms with Gasteiger partial charge in [-0.2, -0.15) is 5.26 Å². The van der Waals surface area contributed by atoms with Gasteiger partial charge in [-0.25, -0.2) is 0 Å². The molecule has 0 unspecified atom stereocenters. The molecule has 0 saturated heterocycles. The first-order valence-electron chi connectivity index (χ1n) is 5.98. The van der Waals surface area contributed by atoms with Gasteiger partial charge >= 0.3 is 0 Å². The Balaban J connectivity index is 1.79. The molecule has 20 heavy (non-hydrogen) atoms. The lowest BCUT2D eigenvalue weighted by molar-refractivity contribution is 0.720. The van der Waals surface area contributed by atoms with Gasteiger partial charge in [0.05, 0.1) is 17.3 Å². The van der Waals surface area contributed by atoms with Gasteiger partial charge in [-0.3, -0.25) is 0 Å². The van der Waals surface area contributed by atoms with E-state index in [1.165, 1.54) is 4.80 Å². The molecule has 6 heteroatoms. The van der Waals surface area contributed by atoms with Crippen LogP contribution in [0.25, 0.3) is 5.69 Å². The number of nitrogens with zero attached hydrogens (tertiary/aromatic N) is 5. The highest BCUT2D eigenvalue weighted by Crippen LogP contribution is 2.13. The standard InChI is InChI=1S/C14H10N6/c15-10-11-6-8-12(9-7-11)16-14-17-19-20(18-14)13-4-2-1-3-5-13/h1-9H,(H,16,18). The molecular formula is C14H10N6. The summed E-state index contributed by atoms with van der Waals surface area (Å²) in [6, 6.07) is 18.6. The third-order valence-electron chi connectivity index (χ3n) is 2.67. The number of nitrogens with one attached hydrogen (secondary N) is 1. The van der Waals surface area contributed by atoms with Crippen LogP contribution in [-0.4, -0.2) is 20.2 Å². The number of aromatic nitrogens is 4. The Morgan fingerprint density at radius 2 is 1.75 bits per heavy atom. The van der Waals surface area contributed by atoms with Crippen LogP contribution >= 0.6 is 0 Å². The van der Waals surface area contributed by atoms with E-state index < -0.39 is 0 Å². The minimum absolute atomic E-state index is 0.401. The molecule has 3 aromatic rings. The molecule has 0 spiro atoms. The summed E-state index contributed by atoms with van der Waals surface area (Å²) in [6.07, 6.45) is 0. The van der Waals surface area contributed by atoms with Crippen LogP contribution in [0.3, 0.4) is 0 Å². The predicted molar refractivity (Wildman–Crippen MR) is 73.6 cm³/mol. The van der Waals surface area contributed by atoms with E-state index in [2.05, 4.69) is 26.8 Å². The van der Waals surface area contributed by atoms with Crippen molar-refractivity contribution in [3.63, 3.8) is 0 Å². The first-order chi connectivity index (χ1) is 9.85. The first kappa shape index (κ1) is 11.9. The Hall–Kier alpha value is -3.20. The van der Waals surface area contributed by atoms with E-state index in [9.17, 15) is 0 Å². The number of benzene rings is 2. The molecule has 6 nitrogen and oxygen atoms in total. The maximum atomic E-state index is 8.74. The van der Waals surface area contributed by atoms with Crippen LogP contribution in [0.15, 0.2) is 54.6 Å². The zero-order chi connectivity index (χ0) is 13.8. The van der Waals surface area contributed by atoms with Gasteiger partial charge in [-0.1, -0.05) is 23.3 Å². The summed E-state index contributed by atoms with van der Waals surface area (Å²) in [7, 11) is 0. The van der Waals surface area contributed by atoms with E-state index in [-0.39, 0.29) is 0 Å². The molecule has 1 aromatic heterocycles. The molecule has 0 radical (unpaired) electrons. The molecule has 1 N–H and O–H groups in total. The number of tetrazole rings is 1. The molecule has 96 valence electrons. The summed E-state index contributed by atoms with van der Waals surface area (Å²) in [4.78, 5) is 1.45. The van der Waals surface area contributed by atoms with Crippen LogP contribution in [0, 0.1) is 11.3 Å². The maximum absolute atomic E-state index is 8.74. The Bertz CT molecular complexity index is 739. The van der Waals surface area contributed by atoms with Crippen molar-refractivity contribution in [3.8, 4) is 11.8 Å². The molecule has 0 aliphatic carbocycles.